The zero-order valence-corrected chi connectivity index (χ0v) is 11.5. The van der Waals surface area contributed by atoms with Crippen molar-refractivity contribution in [1.82, 2.24) is 14.9 Å². The van der Waals surface area contributed by atoms with Gasteiger partial charge in [0.1, 0.15) is 5.82 Å². The van der Waals surface area contributed by atoms with Crippen LogP contribution < -0.4 is 5.32 Å². The minimum atomic E-state index is 0.579. The number of hydrogen-bond acceptors (Lipinski definition) is 3. The summed E-state index contributed by atoms with van der Waals surface area (Å²) in [5.41, 5.74) is 0. The lowest BCUT2D eigenvalue weighted by molar-refractivity contribution is 0.423. The molecule has 0 saturated carbocycles. The van der Waals surface area contributed by atoms with Crippen LogP contribution in [-0.2, 0) is 13.1 Å². The molecule has 18 heavy (non-hydrogen) atoms. The number of rotatable bonds is 4. The van der Waals surface area contributed by atoms with E-state index >= 15 is 0 Å². The second-order valence-corrected chi connectivity index (χ2v) is 6.33. The Morgan fingerprint density at radius 3 is 3.28 bits per heavy atom. The highest BCUT2D eigenvalue weighted by atomic mass is 32.1. The summed E-state index contributed by atoms with van der Waals surface area (Å²) in [6.07, 6.45) is 6.56. The molecule has 0 aromatic carbocycles. The molecule has 0 aliphatic carbocycles. The van der Waals surface area contributed by atoms with E-state index in [1.807, 2.05) is 17.5 Å². The van der Waals surface area contributed by atoms with Crippen LogP contribution in [0.4, 0.5) is 0 Å². The molecule has 1 N–H and O–H groups in total. The molecule has 2 aromatic heterocycles. The van der Waals surface area contributed by atoms with Gasteiger partial charge in [-0.3, -0.25) is 0 Å². The largest absolute Gasteiger partial charge is 0.335 e. The highest BCUT2D eigenvalue weighted by Gasteiger charge is 2.20. The van der Waals surface area contributed by atoms with Gasteiger partial charge in [-0.05, 0) is 31.9 Å². The molecule has 3 heterocycles. The molecule has 0 spiro atoms. The summed E-state index contributed by atoms with van der Waals surface area (Å²) in [6, 6.07) is 4.41. The van der Waals surface area contributed by atoms with Gasteiger partial charge in [-0.15, -0.1) is 11.3 Å². The molecule has 96 valence electrons. The number of fused-ring (bicyclic) bond motifs is 1. The molecule has 0 unspecified atom stereocenters. The van der Waals surface area contributed by atoms with Gasteiger partial charge in [0.05, 0.1) is 0 Å². The summed E-state index contributed by atoms with van der Waals surface area (Å²) in [5.74, 6) is 1.84. The van der Waals surface area contributed by atoms with Crippen LogP contribution >= 0.6 is 11.3 Å². The summed E-state index contributed by atoms with van der Waals surface area (Å²) < 4.78 is 2.30. The lowest BCUT2D eigenvalue weighted by Crippen LogP contribution is -2.26. The van der Waals surface area contributed by atoms with Crippen molar-refractivity contribution in [2.75, 3.05) is 6.54 Å². The Balaban J connectivity index is 1.55. The molecule has 1 aliphatic heterocycles. The van der Waals surface area contributed by atoms with E-state index in [4.69, 9.17) is 0 Å². The summed E-state index contributed by atoms with van der Waals surface area (Å²) in [4.78, 5) is 7.31. The Hall–Kier alpha value is -1.13. The normalized spacial score (nSPS) is 18.8. The molecule has 1 aliphatic rings. The third-order valence-electron chi connectivity index (χ3n) is 3.55. The van der Waals surface area contributed by atoms with Gasteiger partial charge in [-0.25, -0.2) is 4.98 Å². The van der Waals surface area contributed by atoms with Crippen LogP contribution in [0.3, 0.4) is 0 Å². The Morgan fingerprint density at radius 1 is 1.50 bits per heavy atom. The van der Waals surface area contributed by atoms with E-state index in [1.165, 1.54) is 28.4 Å². The number of aromatic nitrogens is 2. The molecule has 3 nitrogen and oxygen atoms in total. The van der Waals surface area contributed by atoms with Crippen LogP contribution in [0.2, 0.25) is 0 Å². The van der Waals surface area contributed by atoms with Crippen molar-refractivity contribution < 1.29 is 0 Å². The molecule has 4 heteroatoms. The lowest BCUT2D eigenvalue weighted by atomic mass is 9.99. The average molecular weight is 261 g/mol. The third kappa shape index (κ3) is 2.49. The SMILES string of the molecule is Cc1ccc(CNC[C@H]2CCCn3ccnc32)s1. The maximum absolute atomic E-state index is 4.49. The first-order valence-electron chi connectivity index (χ1n) is 6.60. The predicted molar refractivity (Wildman–Crippen MR) is 75.0 cm³/mol. The van der Waals surface area contributed by atoms with Crippen molar-refractivity contribution in [2.45, 2.75) is 38.8 Å². The number of nitrogens with zero attached hydrogens (tertiary/aromatic N) is 2. The van der Waals surface area contributed by atoms with E-state index in [0.717, 1.165) is 19.6 Å². The molecular formula is C14H19N3S. The fraction of sp³-hybridized carbons (Fsp3) is 0.500. The zero-order chi connectivity index (χ0) is 12.4. The van der Waals surface area contributed by atoms with Crippen LogP contribution in [-0.4, -0.2) is 16.1 Å². The maximum atomic E-state index is 4.49. The second-order valence-electron chi connectivity index (χ2n) is 4.96. The predicted octanol–water partition coefficient (Wildman–Crippen LogP) is 2.92. The van der Waals surface area contributed by atoms with Crippen molar-refractivity contribution in [3.8, 4) is 0 Å². The number of hydrogen-bond donors (Lipinski definition) is 1. The zero-order valence-electron chi connectivity index (χ0n) is 10.7. The van der Waals surface area contributed by atoms with E-state index < -0.39 is 0 Å². The van der Waals surface area contributed by atoms with E-state index in [-0.39, 0.29) is 0 Å². The van der Waals surface area contributed by atoms with E-state index in [1.54, 1.807) is 0 Å². The second kappa shape index (κ2) is 5.24. The topological polar surface area (TPSA) is 29.9 Å². The van der Waals surface area contributed by atoms with Crippen molar-refractivity contribution in [1.29, 1.82) is 0 Å². The van der Waals surface area contributed by atoms with Crippen molar-refractivity contribution in [2.24, 2.45) is 0 Å². The van der Waals surface area contributed by atoms with Crippen LogP contribution in [0.1, 0.15) is 34.3 Å². The Bertz CT molecular complexity index is 515. The van der Waals surface area contributed by atoms with E-state index in [9.17, 15) is 0 Å². The minimum Gasteiger partial charge on any atom is -0.335 e. The highest BCUT2D eigenvalue weighted by molar-refractivity contribution is 7.11. The van der Waals surface area contributed by atoms with E-state index in [2.05, 4.69) is 40.1 Å². The standard InChI is InChI=1S/C14H19N3S/c1-11-4-5-13(18-11)10-15-9-12-3-2-7-17-8-6-16-14(12)17/h4-6,8,12,15H,2-3,7,9-10H2,1H3/t12-/m1/s1. The highest BCUT2D eigenvalue weighted by Crippen LogP contribution is 2.25. The Labute approximate surface area is 112 Å². The van der Waals surface area contributed by atoms with Crippen LogP contribution in [0.25, 0.3) is 0 Å². The van der Waals surface area contributed by atoms with Gasteiger partial charge < -0.3 is 9.88 Å². The molecule has 2 aromatic rings. The lowest BCUT2D eigenvalue weighted by Gasteiger charge is -2.23. The molecule has 0 saturated heterocycles. The van der Waals surface area contributed by atoms with Crippen molar-refractivity contribution in [3.05, 3.63) is 40.1 Å². The van der Waals surface area contributed by atoms with Gasteiger partial charge in [0.25, 0.3) is 0 Å². The van der Waals surface area contributed by atoms with Crippen molar-refractivity contribution >= 4 is 11.3 Å². The average Bonchev–Trinajstić information content (AvgIpc) is 2.98. The number of aryl methyl sites for hydroxylation is 2. The van der Waals surface area contributed by atoms with Crippen molar-refractivity contribution in [3.63, 3.8) is 0 Å². The Kier molecular flexibility index (Phi) is 3.48. The smallest absolute Gasteiger partial charge is 0.113 e. The summed E-state index contributed by atoms with van der Waals surface area (Å²) in [6.45, 7) is 5.31. The van der Waals surface area contributed by atoms with Gasteiger partial charge in [-0.2, -0.15) is 0 Å². The third-order valence-corrected chi connectivity index (χ3v) is 4.55. The molecular weight excluding hydrogens is 242 g/mol. The van der Waals surface area contributed by atoms with Crippen LogP contribution in [0, 0.1) is 6.92 Å². The molecule has 0 radical (unpaired) electrons. The van der Waals surface area contributed by atoms with Crippen LogP contribution in [0.15, 0.2) is 24.5 Å². The number of nitrogens with one attached hydrogen (secondary N) is 1. The molecule has 0 amide bonds. The van der Waals surface area contributed by atoms with E-state index in [0.29, 0.717) is 5.92 Å². The fourth-order valence-corrected chi connectivity index (χ4v) is 3.51. The first-order valence-corrected chi connectivity index (χ1v) is 7.41. The fourth-order valence-electron chi connectivity index (χ4n) is 2.65. The molecule has 0 fully saturated rings. The number of thiophene rings is 1. The molecule has 1 atom stereocenters. The Morgan fingerprint density at radius 2 is 2.44 bits per heavy atom. The first kappa shape index (κ1) is 11.9. The maximum Gasteiger partial charge on any atom is 0.113 e. The summed E-state index contributed by atoms with van der Waals surface area (Å²) >= 11 is 1.88. The van der Waals surface area contributed by atoms with Gasteiger partial charge in [0.2, 0.25) is 0 Å². The molecule has 3 rings (SSSR count). The summed E-state index contributed by atoms with van der Waals surface area (Å²) in [7, 11) is 0. The van der Waals surface area contributed by atoms with Crippen LogP contribution in [0.5, 0.6) is 0 Å². The van der Waals surface area contributed by atoms with Gasteiger partial charge in [-0.1, -0.05) is 0 Å². The molecule has 0 bridgehead atoms. The monoisotopic (exact) mass is 261 g/mol. The van der Waals surface area contributed by atoms with Gasteiger partial charge in [0, 0.05) is 47.7 Å². The summed E-state index contributed by atoms with van der Waals surface area (Å²) in [5, 5.41) is 3.57. The quantitative estimate of drug-likeness (QED) is 0.917. The first-order chi connectivity index (χ1) is 8.83. The number of imidazole rings is 1. The minimum absolute atomic E-state index is 0.579. The van der Waals surface area contributed by atoms with Gasteiger partial charge in [0.15, 0.2) is 0 Å². The van der Waals surface area contributed by atoms with Gasteiger partial charge >= 0.3 is 0 Å².